The van der Waals surface area contributed by atoms with Gasteiger partial charge in [0.25, 0.3) is 0 Å². The first-order chi connectivity index (χ1) is 9.99. The number of piperazine rings is 1. The second-order valence-electron chi connectivity index (χ2n) is 6.25. The molecule has 0 saturated carbocycles. The molecule has 1 aliphatic rings. The molecule has 6 heteroatoms. The van der Waals surface area contributed by atoms with Gasteiger partial charge in [-0.3, -0.25) is 9.69 Å². The second kappa shape index (κ2) is 10.1. The number of benzene rings is 1. The van der Waals surface area contributed by atoms with Gasteiger partial charge in [0, 0.05) is 38.3 Å². The fourth-order valence-corrected chi connectivity index (χ4v) is 2.83. The summed E-state index contributed by atoms with van der Waals surface area (Å²) in [6.07, 6.45) is 0. The van der Waals surface area contributed by atoms with E-state index in [9.17, 15) is 4.79 Å². The maximum Gasteiger partial charge on any atom is 0.227 e. The van der Waals surface area contributed by atoms with Crippen molar-refractivity contribution in [3.05, 3.63) is 35.9 Å². The van der Waals surface area contributed by atoms with Crippen LogP contribution in [0.4, 0.5) is 0 Å². The summed E-state index contributed by atoms with van der Waals surface area (Å²) in [6.45, 7) is 9.56. The molecule has 0 spiro atoms. The lowest BCUT2D eigenvalue weighted by atomic mass is 10.0. The van der Waals surface area contributed by atoms with Gasteiger partial charge in [-0.05, 0) is 19.4 Å². The Hall–Kier alpha value is -0.810. The van der Waals surface area contributed by atoms with Crippen molar-refractivity contribution in [3.8, 4) is 0 Å². The molecule has 0 bridgehead atoms. The predicted molar refractivity (Wildman–Crippen MR) is 100 cm³/mol. The first kappa shape index (κ1) is 22.2. The van der Waals surface area contributed by atoms with Crippen LogP contribution in [0.2, 0.25) is 0 Å². The molecule has 0 radical (unpaired) electrons. The van der Waals surface area contributed by atoms with Gasteiger partial charge in [0.1, 0.15) is 0 Å². The molecule has 2 rings (SSSR count). The maximum absolute atomic E-state index is 12.4. The summed E-state index contributed by atoms with van der Waals surface area (Å²) in [6, 6.07) is 10.6. The highest BCUT2D eigenvalue weighted by atomic mass is 35.5. The number of nitrogens with zero attached hydrogens (tertiary/aromatic N) is 2. The molecule has 1 aromatic carbocycles. The van der Waals surface area contributed by atoms with Gasteiger partial charge in [0.05, 0.1) is 5.92 Å². The molecule has 3 atom stereocenters. The lowest BCUT2D eigenvalue weighted by molar-refractivity contribution is -0.140. The zero-order valence-corrected chi connectivity index (χ0v) is 15.8. The van der Waals surface area contributed by atoms with E-state index < -0.39 is 0 Å². The molecule has 23 heavy (non-hydrogen) atoms. The molecule has 1 heterocycles. The van der Waals surface area contributed by atoms with E-state index in [2.05, 4.69) is 36.1 Å². The lowest BCUT2D eigenvalue weighted by Gasteiger charge is -2.41. The Balaban J connectivity index is 0.00000242. The van der Waals surface area contributed by atoms with Crippen LogP contribution in [-0.2, 0) is 11.3 Å². The minimum Gasteiger partial charge on any atom is -0.337 e. The number of hydrogen-bond acceptors (Lipinski definition) is 3. The van der Waals surface area contributed by atoms with Gasteiger partial charge in [0.2, 0.25) is 5.91 Å². The molecule has 1 aliphatic heterocycles. The van der Waals surface area contributed by atoms with Crippen molar-refractivity contribution in [2.24, 2.45) is 11.7 Å². The number of carbonyl (C=O) groups is 1. The molecule has 2 N–H and O–H groups in total. The Kier molecular flexibility index (Phi) is 9.78. The number of rotatable bonds is 4. The third-order valence-electron chi connectivity index (χ3n) is 4.42. The third-order valence-corrected chi connectivity index (χ3v) is 4.42. The molecule has 0 aliphatic carbocycles. The smallest absolute Gasteiger partial charge is 0.227 e. The molecule has 3 unspecified atom stereocenters. The van der Waals surface area contributed by atoms with E-state index in [1.807, 2.05) is 24.8 Å². The van der Waals surface area contributed by atoms with Crippen molar-refractivity contribution in [3.63, 3.8) is 0 Å². The summed E-state index contributed by atoms with van der Waals surface area (Å²) < 4.78 is 0. The third kappa shape index (κ3) is 5.96. The quantitative estimate of drug-likeness (QED) is 0.896. The van der Waals surface area contributed by atoms with Crippen LogP contribution in [0, 0.1) is 5.92 Å². The van der Waals surface area contributed by atoms with E-state index in [0.717, 1.165) is 26.2 Å². The van der Waals surface area contributed by atoms with E-state index >= 15 is 0 Å². The van der Waals surface area contributed by atoms with Gasteiger partial charge in [0.15, 0.2) is 0 Å². The predicted octanol–water partition coefficient (Wildman–Crippen LogP) is 2.55. The molecule has 4 nitrogen and oxygen atoms in total. The average molecular weight is 362 g/mol. The van der Waals surface area contributed by atoms with Gasteiger partial charge < -0.3 is 10.6 Å². The minimum absolute atomic E-state index is 0. The summed E-state index contributed by atoms with van der Waals surface area (Å²) in [5.74, 6) is 0.0879. The van der Waals surface area contributed by atoms with Gasteiger partial charge in [-0.1, -0.05) is 37.3 Å². The van der Waals surface area contributed by atoms with Gasteiger partial charge in [-0.25, -0.2) is 0 Å². The highest BCUT2D eigenvalue weighted by molar-refractivity contribution is 5.85. The Morgan fingerprint density at radius 3 is 2.35 bits per heavy atom. The number of nitrogens with two attached hydrogens (primary N) is 1. The van der Waals surface area contributed by atoms with Crippen molar-refractivity contribution in [2.45, 2.75) is 39.4 Å². The van der Waals surface area contributed by atoms with Crippen molar-refractivity contribution < 1.29 is 4.79 Å². The molecule has 132 valence electrons. The van der Waals surface area contributed by atoms with E-state index in [1.165, 1.54) is 5.56 Å². The van der Waals surface area contributed by atoms with Gasteiger partial charge in [-0.2, -0.15) is 0 Å². The van der Waals surface area contributed by atoms with Gasteiger partial charge >= 0.3 is 0 Å². The first-order valence-corrected chi connectivity index (χ1v) is 7.81. The van der Waals surface area contributed by atoms with E-state index in [0.29, 0.717) is 0 Å². The summed E-state index contributed by atoms with van der Waals surface area (Å²) >= 11 is 0. The number of hydrogen-bond donors (Lipinski definition) is 1. The molecule has 0 aromatic heterocycles. The molecule has 1 fully saturated rings. The van der Waals surface area contributed by atoms with E-state index in [-0.39, 0.29) is 48.7 Å². The van der Waals surface area contributed by atoms with Crippen LogP contribution < -0.4 is 5.73 Å². The molecular weight excluding hydrogens is 333 g/mol. The minimum atomic E-state index is -0.104. The SMILES string of the molecule is CC(N)C(C)C(=O)N1CCN(Cc2ccccc2)CC1C.Cl.Cl. The van der Waals surface area contributed by atoms with Crippen molar-refractivity contribution in [1.82, 2.24) is 9.80 Å². The summed E-state index contributed by atoms with van der Waals surface area (Å²) in [7, 11) is 0. The van der Waals surface area contributed by atoms with Crippen LogP contribution >= 0.6 is 24.8 Å². The molecule has 1 saturated heterocycles. The number of halogens is 2. The highest BCUT2D eigenvalue weighted by Crippen LogP contribution is 2.16. The topological polar surface area (TPSA) is 49.6 Å². The Morgan fingerprint density at radius 1 is 1.22 bits per heavy atom. The number of carbonyl (C=O) groups excluding carboxylic acids is 1. The van der Waals surface area contributed by atoms with Crippen LogP contribution in [0.1, 0.15) is 26.3 Å². The average Bonchev–Trinajstić information content (AvgIpc) is 2.47. The fraction of sp³-hybridized carbons (Fsp3) is 0.588. The summed E-state index contributed by atoms with van der Waals surface area (Å²) in [4.78, 5) is 16.9. The zero-order valence-electron chi connectivity index (χ0n) is 14.1. The summed E-state index contributed by atoms with van der Waals surface area (Å²) in [5, 5.41) is 0. The molecule has 1 aromatic rings. The normalized spacial score (nSPS) is 20.9. The van der Waals surface area contributed by atoms with Gasteiger partial charge in [-0.15, -0.1) is 24.8 Å². The lowest BCUT2D eigenvalue weighted by Crippen LogP contribution is -2.56. The number of amides is 1. The standard InChI is InChI=1S/C17H27N3O.2ClH/c1-13-11-19(12-16-7-5-4-6-8-16)9-10-20(13)17(21)14(2)15(3)18;;/h4-8,13-15H,9-12,18H2,1-3H3;2*1H. The zero-order chi connectivity index (χ0) is 15.4. The summed E-state index contributed by atoms with van der Waals surface area (Å²) in [5.41, 5.74) is 7.19. The van der Waals surface area contributed by atoms with Crippen molar-refractivity contribution in [1.29, 1.82) is 0 Å². The van der Waals surface area contributed by atoms with Crippen LogP contribution in [-0.4, -0.2) is 47.4 Å². The van der Waals surface area contributed by atoms with E-state index in [1.54, 1.807) is 0 Å². The second-order valence-corrected chi connectivity index (χ2v) is 6.25. The van der Waals surface area contributed by atoms with Crippen LogP contribution in [0.3, 0.4) is 0 Å². The fourth-order valence-electron chi connectivity index (χ4n) is 2.83. The Bertz CT molecular complexity index is 470. The van der Waals surface area contributed by atoms with Crippen molar-refractivity contribution in [2.75, 3.05) is 19.6 Å². The first-order valence-electron chi connectivity index (χ1n) is 7.81. The van der Waals surface area contributed by atoms with Crippen LogP contribution in [0.25, 0.3) is 0 Å². The van der Waals surface area contributed by atoms with Crippen LogP contribution in [0.15, 0.2) is 30.3 Å². The monoisotopic (exact) mass is 361 g/mol. The van der Waals surface area contributed by atoms with E-state index in [4.69, 9.17) is 5.73 Å². The van der Waals surface area contributed by atoms with Crippen molar-refractivity contribution >= 4 is 30.7 Å². The maximum atomic E-state index is 12.4. The highest BCUT2D eigenvalue weighted by Gasteiger charge is 2.31. The Morgan fingerprint density at radius 2 is 1.83 bits per heavy atom. The Labute approximate surface area is 152 Å². The largest absolute Gasteiger partial charge is 0.337 e. The molecule has 1 amide bonds. The molecular formula is C17H29Cl2N3O. The van der Waals surface area contributed by atoms with Crippen LogP contribution in [0.5, 0.6) is 0 Å².